The molecule has 1 rings (SSSR count). The highest BCUT2D eigenvalue weighted by molar-refractivity contribution is 5.94. The van der Waals surface area contributed by atoms with Crippen molar-refractivity contribution in [3.8, 4) is 0 Å². The minimum absolute atomic E-state index is 0.114. The number of carbonyl (C=O) groups is 2. The van der Waals surface area contributed by atoms with Crippen molar-refractivity contribution in [1.29, 1.82) is 0 Å². The predicted molar refractivity (Wildman–Crippen MR) is 62.5 cm³/mol. The Morgan fingerprint density at radius 2 is 2.11 bits per heavy atom. The summed E-state index contributed by atoms with van der Waals surface area (Å²) in [4.78, 5) is 32.9. The second-order valence-corrected chi connectivity index (χ2v) is 3.59. The van der Waals surface area contributed by atoms with Gasteiger partial charge in [-0.25, -0.2) is 4.79 Å². The molecule has 0 aromatic heterocycles. The fourth-order valence-electron chi connectivity index (χ4n) is 1.42. The van der Waals surface area contributed by atoms with Gasteiger partial charge in [0.2, 0.25) is 5.91 Å². The van der Waals surface area contributed by atoms with E-state index >= 15 is 0 Å². The number of carboxylic acids is 1. The number of carboxylic acid groups (broad SMARTS) is 1. The van der Waals surface area contributed by atoms with Crippen LogP contribution in [-0.4, -0.2) is 35.5 Å². The number of amides is 1. The van der Waals surface area contributed by atoms with E-state index in [1.165, 1.54) is 18.0 Å². The van der Waals surface area contributed by atoms with Crippen LogP contribution in [0.25, 0.3) is 0 Å². The van der Waals surface area contributed by atoms with E-state index in [4.69, 9.17) is 10.8 Å². The fourth-order valence-corrected chi connectivity index (χ4v) is 1.42. The third-order valence-corrected chi connectivity index (χ3v) is 2.24. The standard InChI is InChI=1S/C10H11N3O5/c1-12(5-9(11)14)6-2-3-8(13(17)18)7(4-6)10(15)16/h2-4H,5H2,1H3,(H2,11,14)(H,15,16). The van der Waals surface area contributed by atoms with E-state index in [0.717, 1.165) is 12.1 Å². The summed E-state index contributed by atoms with van der Waals surface area (Å²) in [7, 11) is 1.53. The van der Waals surface area contributed by atoms with Crippen molar-refractivity contribution in [2.75, 3.05) is 18.5 Å². The molecule has 0 radical (unpaired) electrons. The maximum atomic E-state index is 10.9. The van der Waals surface area contributed by atoms with Gasteiger partial charge in [0.25, 0.3) is 5.69 Å². The van der Waals surface area contributed by atoms with Gasteiger partial charge in [-0.1, -0.05) is 0 Å². The van der Waals surface area contributed by atoms with E-state index in [1.807, 2.05) is 0 Å². The van der Waals surface area contributed by atoms with Gasteiger partial charge in [0.15, 0.2) is 0 Å². The zero-order chi connectivity index (χ0) is 13.9. The van der Waals surface area contributed by atoms with E-state index in [0.29, 0.717) is 5.69 Å². The average Bonchev–Trinajstić information content (AvgIpc) is 2.26. The molecular weight excluding hydrogens is 242 g/mol. The Morgan fingerprint density at radius 1 is 1.50 bits per heavy atom. The number of benzene rings is 1. The van der Waals surface area contributed by atoms with Crippen LogP contribution >= 0.6 is 0 Å². The Labute approximate surface area is 102 Å². The third kappa shape index (κ3) is 2.94. The SMILES string of the molecule is CN(CC(N)=O)c1ccc([N+](=O)[O-])c(C(=O)O)c1. The summed E-state index contributed by atoms with van der Waals surface area (Å²) < 4.78 is 0. The molecule has 0 spiro atoms. The lowest BCUT2D eigenvalue weighted by molar-refractivity contribution is -0.385. The lowest BCUT2D eigenvalue weighted by atomic mass is 10.1. The van der Waals surface area contributed by atoms with Crippen LogP contribution in [0.1, 0.15) is 10.4 Å². The van der Waals surface area contributed by atoms with Gasteiger partial charge in [0.1, 0.15) is 5.56 Å². The first kappa shape index (κ1) is 13.4. The molecular formula is C10H11N3O5. The first-order valence-corrected chi connectivity index (χ1v) is 4.84. The number of nitro groups is 1. The minimum Gasteiger partial charge on any atom is -0.477 e. The number of nitrogens with two attached hydrogens (primary N) is 1. The smallest absolute Gasteiger partial charge is 0.342 e. The summed E-state index contributed by atoms with van der Waals surface area (Å²) in [6.45, 7) is -0.114. The van der Waals surface area contributed by atoms with Crippen molar-refractivity contribution in [3.63, 3.8) is 0 Å². The number of nitro benzene ring substituents is 1. The predicted octanol–water partition coefficient (Wildman–Crippen LogP) is 0.214. The number of carbonyl (C=O) groups excluding carboxylic acids is 1. The molecule has 1 aromatic carbocycles. The molecule has 0 unspecified atom stereocenters. The zero-order valence-electron chi connectivity index (χ0n) is 9.49. The molecule has 18 heavy (non-hydrogen) atoms. The lowest BCUT2D eigenvalue weighted by Crippen LogP contribution is -2.30. The molecule has 0 aliphatic heterocycles. The van der Waals surface area contributed by atoms with Crippen LogP contribution in [0.5, 0.6) is 0 Å². The number of hydrogen-bond donors (Lipinski definition) is 2. The second-order valence-electron chi connectivity index (χ2n) is 3.59. The molecule has 0 saturated carbocycles. The van der Waals surface area contributed by atoms with Crippen LogP contribution in [0.4, 0.5) is 11.4 Å². The number of aromatic carboxylic acids is 1. The number of anilines is 1. The molecule has 0 aliphatic carbocycles. The van der Waals surface area contributed by atoms with E-state index in [1.54, 1.807) is 0 Å². The van der Waals surface area contributed by atoms with Gasteiger partial charge in [-0.15, -0.1) is 0 Å². The molecule has 0 saturated heterocycles. The van der Waals surface area contributed by atoms with Crippen molar-refractivity contribution in [1.82, 2.24) is 0 Å². The molecule has 96 valence electrons. The van der Waals surface area contributed by atoms with Crippen molar-refractivity contribution in [3.05, 3.63) is 33.9 Å². The van der Waals surface area contributed by atoms with E-state index in [-0.39, 0.29) is 6.54 Å². The molecule has 1 amide bonds. The maximum absolute atomic E-state index is 10.9. The minimum atomic E-state index is -1.41. The Kier molecular flexibility index (Phi) is 3.82. The van der Waals surface area contributed by atoms with Gasteiger partial charge in [-0.2, -0.15) is 0 Å². The summed E-state index contributed by atoms with van der Waals surface area (Å²) in [6, 6.07) is 3.56. The van der Waals surface area contributed by atoms with Gasteiger partial charge in [0.05, 0.1) is 11.5 Å². The highest BCUT2D eigenvalue weighted by Gasteiger charge is 2.21. The maximum Gasteiger partial charge on any atom is 0.342 e. The summed E-state index contributed by atoms with van der Waals surface area (Å²) in [5.41, 5.74) is 4.42. The summed E-state index contributed by atoms with van der Waals surface area (Å²) in [6.07, 6.45) is 0. The van der Waals surface area contributed by atoms with E-state index in [9.17, 15) is 19.7 Å². The van der Waals surface area contributed by atoms with Crippen LogP contribution in [0.3, 0.4) is 0 Å². The first-order valence-electron chi connectivity index (χ1n) is 4.84. The van der Waals surface area contributed by atoms with Crippen LogP contribution in [0.15, 0.2) is 18.2 Å². The number of nitrogens with zero attached hydrogens (tertiary/aromatic N) is 2. The molecule has 0 fully saturated rings. The molecule has 0 aliphatic rings. The molecule has 1 aromatic rings. The van der Waals surface area contributed by atoms with Crippen LogP contribution in [0.2, 0.25) is 0 Å². The lowest BCUT2D eigenvalue weighted by Gasteiger charge is -2.17. The molecule has 0 bridgehead atoms. The molecule has 8 nitrogen and oxygen atoms in total. The number of hydrogen-bond acceptors (Lipinski definition) is 5. The van der Waals surface area contributed by atoms with Gasteiger partial charge in [0, 0.05) is 18.8 Å². The van der Waals surface area contributed by atoms with Crippen LogP contribution < -0.4 is 10.6 Å². The van der Waals surface area contributed by atoms with Crippen molar-refractivity contribution >= 4 is 23.3 Å². The first-order chi connectivity index (χ1) is 8.32. The van der Waals surface area contributed by atoms with Crippen LogP contribution in [-0.2, 0) is 4.79 Å². The highest BCUT2D eigenvalue weighted by atomic mass is 16.6. The molecule has 3 N–H and O–H groups in total. The van der Waals surface area contributed by atoms with Crippen LogP contribution in [0, 0.1) is 10.1 Å². The van der Waals surface area contributed by atoms with E-state index in [2.05, 4.69) is 0 Å². The highest BCUT2D eigenvalue weighted by Crippen LogP contribution is 2.24. The number of primary amides is 1. The Balaban J connectivity index is 3.18. The van der Waals surface area contributed by atoms with Gasteiger partial charge >= 0.3 is 5.97 Å². The number of likely N-dealkylation sites (N-methyl/N-ethyl adjacent to an activating group) is 1. The molecule has 8 heteroatoms. The quantitative estimate of drug-likeness (QED) is 0.570. The average molecular weight is 253 g/mol. The van der Waals surface area contributed by atoms with Gasteiger partial charge in [-0.05, 0) is 12.1 Å². The summed E-state index contributed by atoms with van der Waals surface area (Å²) >= 11 is 0. The second kappa shape index (κ2) is 5.13. The Bertz CT molecular complexity index is 514. The van der Waals surface area contributed by atoms with E-state index < -0.39 is 28.1 Å². The van der Waals surface area contributed by atoms with Crippen molar-refractivity contribution in [2.24, 2.45) is 5.73 Å². The normalized spacial score (nSPS) is 9.83. The van der Waals surface area contributed by atoms with Gasteiger partial charge < -0.3 is 15.7 Å². The summed E-state index contributed by atoms with van der Waals surface area (Å²) in [5, 5.41) is 19.5. The van der Waals surface area contributed by atoms with Gasteiger partial charge in [-0.3, -0.25) is 14.9 Å². The zero-order valence-corrected chi connectivity index (χ0v) is 9.49. The topological polar surface area (TPSA) is 127 Å². The monoisotopic (exact) mass is 253 g/mol. The van der Waals surface area contributed by atoms with Crippen molar-refractivity contribution in [2.45, 2.75) is 0 Å². The Hall–Kier alpha value is -2.64. The molecule has 0 heterocycles. The van der Waals surface area contributed by atoms with Crippen molar-refractivity contribution < 1.29 is 19.6 Å². The molecule has 0 atom stereocenters. The Morgan fingerprint density at radius 3 is 2.56 bits per heavy atom. The third-order valence-electron chi connectivity index (χ3n) is 2.24. The number of rotatable bonds is 5. The summed E-state index contributed by atoms with van der Waals surface area (Å²) in [5.74, 6) is -2.00. The largest absolute Gasteiger partial charge is 0.477 e. The fraction of sp³-hybridized carbons (Fsp3) is 0.200.